The molecule has 2 aromatic rings. The summed E-state index contributed by atoms with van der Waals surface area (Å²) in [6.07, 6.45) is 0.158. The van der Waals surface area contributed by atoms with E-state index in [4.69, 9.17) is 9.84 Å². The van der Waals surface area contributed by atoms with E-state index in [2.05, 4.69) is 5.32 Å². The molecular formula is C19H20N2O5. The largest absolute Gasteiger partial charge is 0.480 e. The van der Waals surface area contributed by atoms with Gasteiger partial charge < -0.3 is 20.1 Å². The molecule has 3 rings (SSSR count). The van der Waals surface area contributed by atoms with Gasteiger partial charge in [0, 0.05) is 24.9 Å². The molecule has 1 atom stereocenters. The lowest BCUT2D eigenvalue weighted by Gasteiger charge is -2.19. The highest BCUT2D eigenvalue weighted by Gasteiger charge is 2.35. The molecule has 7 nitrogen and oxygen atoms in total. The number of carbonyl (C=O) groups is 3. The number of carbonyl (C=O) groups excluding carboxylic acids is 2. The molecule has 1 fully saturated rings. The van der Waals surface area contributed by atoms with Gasteiger partial charge in [0.25, 0.3) is 0 Å². The first-order valence-corrected chi connectivity index (χ1v) is 8.41. The quantitative estimate of drug-likeness (QED) is 0.732. The van der Waals surface area contributed by atoms with E-state index in [0.717, 1.165) is 16.5 Å². The van der Waals surface area contributed by atoms with E-state index in [9.17, 15) is 14.4 Å². The second-order valence-electron chi connectivity index (χ2n) is 6.14. The monoisotopic (exact) mass is 356 g/mol. The highest BCUT2D eigenvalue weighted by atomic mass is 16.5. The van der Waals surface area contributed by atoms with Gasteiger partial charge in [-0.1, -0.05) is 36.4 Å². The van der Waals surface area contributed by atoms with Crippen molar-refractivity contribution in [1.29, 1.82) is 0 Å². The van der Waals surface area contributed by atoms with E-state index >= 15 is 0 Å². The third kappa shape index (κ3) is 4.00. The van der Waals surface area contributed by atoms with Crippen molar-refractivity contribution in [2.45, 2.75) is 6.42 Å². The topological polar surface area (TPSA) is 95.9 Å². The van der Waals surface area contributed by atoms with Crippen molar-refractivity contribution >= 4 is 34.2 Å². The van der Waals surface area contributed by atoms with Gasteiger partial charge in [-0.3, -0.25) is 9.59 Å². The number of nitrogens with one attached hydrogen (secondary N) is 1. The molecule has 2 N–H and O–H groups in total. The number of hydrogen-bond acceptors (Lipinski definition) is 4. The van der Waals surface area contributed by atoms with Crippen molar-refractivity contribution in [3.8, 4) is 0 Å². The van der Waals surface area contributed by atoms with E-state index in [1.807, 2.05) is 42.5 Å². The van der Waals surface area contributed by atoms with Crippen LogP contribution in [0.1, 0.15) is 6.42 Å². The number of nitrogens with zero attached hydrogens (tertiary/aromatic N) is 1. The number of carboxylic acid groups (broad SMARTS) is 1. The first-order valence-electron chi connectivity index (χ1n) is 8.41. The van der Waals surface area contributed by atoms with Gasteiger partial charge in [0.1, 0.15) is 6.61 Å². The van der Waals surface area contributed by atoms with Crippen LogP contribution in [0.2, 0.25) is 0 Å². The van der Waals surface area contributed by atoms with Crippen LogP contribution in [0, 0.1) is 5.92 Å². The molecule has 0 aliphatic carbocycles. The SMILES string of the molecule is O=C(O)COCCNC(=O)C1CC(=O)N(c2cccc3ccccc23)C1. The molecule has 1 aliphatic rings. The Morgan fingerprint density at radius 3 is 2.77 bits per heavy atom. The van der Waals surface area contributed by atoms with Gasteiger partial charge >= 0.3 is 5.97 Å². The fourth-order valence-electron chi connectivity index (χ4n) is 3.11. The van der Waals surface area contributed by atoms with Gasteiger partial charge in [0.05, 0.1) is 18.2 Å². The Kier molecular flexibility index (Phi) is 5.48. The van der Waals surface area contributed by atoms with Gasteiger partial charge in [0.2, 0.25) is 11.8 Å². The number of anilines is 1. The molecular weight excluding hydrogens is 336 g/mol. The minimum atomic E-state index is -1.05. The average Bonchev–Trinajstić information content (AvgIpc) is 3.02. The van der Waals surface area contributed by atoms with Crippen LogP contribution in [0.25, 0.3) is 10.8 Å². The normalized spacial score (nSPS) is 16.8. The molecule has 1 unspecified atom stereocenters. The van der Waals surface area contributed by atoms with Crippen molar-refractivity contribution in [3.05, 3.63) is 42.5 Å². The summed E-state index contributed by atoms with van der Waals surface area (Å²) >= 11 is 0. The van der Waals surface area contributed by atoms with E-state index in [1.165, 1.54) is 0 Å². The number of hydrogen-bond donors (Lipinski definition) is 2. The minimum Gasteiger partial charge on any atom is -0.480 e. The molecule has 136 valence electrons. The lowest BCUT2D eigenvalue weighted by atomic mass is 10.1. The molecule has 0 saturated carbocycles. The van der Waals surface area contributed by atoms with Crippen LogP contribution >= 0.6 is 0 Å². The maximum absolute atomic E-state index is 12.4. The summed E-state index contributed by atoms with van der Waals surface area (Å²) in [7, 11) is 0. The van der Waals surface area contributed by atoms with Crippen LogP contribution in [0.5, 0.6) is 0 Å². The average molecular weight is 356 g/mol. The van der Waals surface area contributed by atoms with Crippen molar-refractivity contribution in [2.24, 2.45) is 5.92 Å². The Morgan fingerprint density at radius 2 is 1.96 bits per heavy atom. The van der Waals surface area contributed by atoms with Crippen LogP contribution in [-0.4, -0.2) is 49.2 Å². The van der Waals surface area contributed by atoms with E-state index in [0.29, 0.717) is 6.54 Å². The lowest BCUT2D eigenvalue weighted by Crippen LogP contribution is -2.35. The zero-order chi connectivity index (χ0) is 18.5. The maximum atomic E-state index is 12.4. The molecule has 26 heavy (non-hydrogen) atoms. The number of fused-ring (bicyclic) bond motifs is 1. The molecule has 1 heterocycles. The number of amides is 2. The second kappa shape index (κ2) is 7.97. The third-order valence-corrected chi connectivity index (χ3v) is 4.32. The van der Waals surface area contributed by atoms with Crippen LogP contribution in [-0.2, 0) is 19.1 Å². The Morgan fingerprint density at radius 1 is 1.19 bits per heavy atom. The van der Waals surface area contributed by atoms with Crippen LogP contribution in [0.3, 0.4) is 0 Å². The first kappa shape index (κ1) is 17.9. The fourth-order valence-corrected chi connectivity index (χ4v) is 3.11. The summed E-state index contributed by atoms with van der Waals surface area (Å²) in [5.74, 6) is -1.78. The first-order chi connectivity index (χ1) is 12.6. The lowest BCUT2D eigenvalue weighted by molar-refractivity contribution is -0.142. The van der Waals surface area contributed by atoms with Crippen molar-refractivity contribution < 1.29 is 24.2 Å². The molecule has 0 bridgehead atoms. The summed E-state index contributed by atoms with van der Waals surface area (Å²) in [5.41, 5.74) is 0.813. The van der Waals surface area contributed by atoms with Crippen LogP contribution in [0.4, 0.5) is 5.69 Å². The fraction of sp³-hybridized carbons (Fsp3) is 0.316. The Balaban J connectivity index is 1.61. The van der Waals surface area contributed by atoms with Gasteiger partial charge in [-0.2, -0.15) is 0 Å². The van der Waals surface area contributed by atoms with Crippen molar-refractivity contribution in [3.63, 3.8) is 0 Å². The molecule has 0 radical (unpaired) electrons. The van der Waals surface area contributed by atoms with Crippen molar-refractivity contribution in [1.82, 2.24) is 5.32 Å². The Bertz CT molecular complexity index is 830. The molecule has 1 saturated heterocycles. The predicted octanol–water partition coefficient (Wildman–Crippen LogP) is 1.41. The molecule has 2 aromatic carbocycles. The highest BCUT2D eigenvalue weighted by molar-refractivity contribution is 6.06. The highest BCUT2D eigenvalue weighted by Crippen LogP contribution is 2.31. The van der Waals surface area contributed by atoms with Gasteiger partial charge in [0.15, 0.2) is 0 Å². The van der Waals surface area contributed by atoms with Crippen LogP contribution < -0.4 is 10.2 Å². The van der Waals surface area contributed by atoms with E-state index < -0.39 is 18.5 Å². The van der Waals surface area contributed by atoms with Crippen LogP contribution in [0.15, 0.2) is 42.5 Å². The number of carboxylic acids is 1. The predicted molar refractivity (Wildman–Crippen MR) is 95.9 cm³/mol. The Labute approximate surface area is 150 Å². The molecule has 1 aliphatic heterocycles. The van der Waals surface area contributed by atoms with Gasteiger partial charge in [-0.25, -0.2) is 4.79 Å². The maximum Gasteiger partial charge on any atom is 0.329 e. The minimum absolute atomic E-state index is 0.0800. The number of aliphatic carboxylic acids is 1. The summed E-state index contributed by atoms with van der Waals surface area (Å²) in [5, 5.41) is 13.2. The molecule has 7 heteroatoms. The second-order valence-corrected chi connectivity index (χ2v) is 6.14. The summed E-state index contributed by atoms with van der Waals surface area (Å²) in [6, 6.07) is 13.6. The number of benzene rings is 2. The van der Waals surface area contributed by atoms with Gasteiger partial charge in [-0.05, 0) is 11.5 Å². The summed E-state index contributed by atoms with van der Waals surface area (Å²) in [4.78, 5) is 36.7. The number of ether oxygens (including phenoxy) is 1. The summed E-state index contributed by atoms with van der Waals surface area (Å²) in [6.45, 7) is 0.262. The van der Waals surface area contributed by atoms with Crippen molar-refractivity contribution in [2.75, 3.05) is 31.2 Å². The molecule has 2 amide bonds. The standard InChI is InChI=1S/C19H20N2O5/c22-17-10-14(19(25)20-8-9-26-12-18(23)24)11-21(17)16-7-3-5-13-4-1-2-6-15(13)16/h1-7,14H,8-12H2,(H,20,25)(H,23,24). The van der Waals surface area contributed by atoms with E-state index in [1.54, 1.807) is 4.90 Å². The Hall–Kier alpha value is -2.93. The van der Waals surface area contributed by atoms with E-state index in [-0.39, 0.29) is 31.4 Å². The smallest absolute Gasteiger partial charge is 0.329 e. The number of rotatable bonds is 7. The molecule has 0 spiro atoms. The summed E-state index contributed by atoms with van der Waals surface area (Å²) < 4.78 is 4.88. The zero-order valence-electron chi connectivity index (χ0n) is 14.2. The third-order valence-electron chi connectivity index (χ3n) is 4.32. The zero-order valence-corrected chi connectivity index (χ0v) is 14.2. The van der Waals surface area contributed by atoms with Gasteiger partial charge in [-0.15, -0.1) is 0 Å². The molecule has 0 aromatic heterocycles.